The van der Waals surface area contributed by atoms with Gasteiger partial charge in [0.05, 0.1) is 25.9 Å². The predicted molar refractivity (Wildman–Crippen MR) is 82.4 cm³/mol. The van der Waals surface area contributed by atoms with Crippen molar-refractivity contribution in [3.8, 4) is 0 Å². The summed E-state index contributed by atoms with van der Waals surface area (Å²) in [6.07, 6.45) is -1.18. The zero-order chi connectivity index (χ0) is 15.8. The number of hydrogen-bond acceptors (Lipinski definition) is 5. The molecule has 0 radical (unpaired) electrons. The van der Waals surface area contributed by atoms with Crippen LogP contribution < -0.4 is 5.32 Å². The van der Waals surface area contributed by atoms with Crippen LogP contribution in [-0.4, -0.2) is 68.0 Å². The molecule has 0 saturated carbocycles. The quantitative estimate of drug-likeness (QED) is 0.742. The number of carbonyl (C=O) groups is 1. The maximum absolute atomic E-state index is 12.1. The molecule has 2 N–H and O–H groups in total. The molecule has 1 saturated heterocycles. The Morgan fingerprint density at radius 1 is 1.50 bits per heavy atom. The number of nitrogens with one attached hydrogen (secondary N) is 1. The molecule has 1 aromatic rings. The van der Waals surface area contributed by atoms with Crippen LogP contribution in [0.3, 0.4) is 0 Å². The van der Waals surface area contributed by atoms with E-state index in [0.29, 0.717) is 19.8 Å². The maximum Gasteiger partial charge on any atom is 0.252 e. The molecule has 1 fully saturated rings. The molecule has 2 atom stereocenters. The van der Waals surface area contributed by atoms with Crippen LogP contribution in [0.2, 0.25) is 0 Å². The summed E-state index contributed by atoms with van der Waals surface area (Å²) in [6, 6.07) is 9.77. The summed E-state index contributed by atoms with van der Waals surface area (Å²) in [4.78, 5) is 13.6. The van der Waals surface area contributed by atoms with Crippen molar-refractivity contribution in [3.63, 3.8) is 0 Å². The van der Waals surface area contributed by atoms with Crippen molar-refractivity contribution in [2.75, 3.05) is 39.9 Å². The van der Waals surface area contributed by atoms with E-state index >= 15 is 0 Å². The first-order chi connectivity index (χ1) is 10.7. The molecule has 1 heterocycles. The average molecular weight is 308 g/mol. The van der Waals surface area contributed by atoms with Gasteiger partial charge in [-0.15, -0.1) is 0 Å². The summed E-state index contributed by atoms with van der Waals surface area (Å²) < 4.78 is 10.9. The second-order valence-corrected chi connectivity index (χ2v) is 5.44. The Hall–Kier alpha value is -1.47. The van der Waals surface area contributed by atoms with E-state index in [0.717, 1.165) is 12.1 Å². The fourth-order valence-electron chi connectivity index (χ4n) is 2.32. The van der Waals surface area contributed by atoms with Gasteiger partial charge in [0.15, 0.2) is 0 Å². The third kappa shape index (κ3) is 5.38. The third-order valence-electron chi connectivity index (χ3n) is 3.49. The van der Waals surface area contributed by atoms with E-state index in [4.69, 9.17) is 9.47 Å². The first-order valence-electron chi connectivity index (χ1n) is 7.54. The number of nitrogens with zero attached hydrogens (tertiary/aromatic N) is 1. The molecule has 122 valence electrons. The van der Waals surface area contributed by atoms with Gasteiger partial charge < -0.3 is 24.8 Å². The molecule has 1 aromatic carbocycles. The SMILES string of the molecule is CN(CC(O)COCc1ccccc1)C(=O)C1CNCCO1. The minimum atomic E-state index is -0.714. The van der Waals surface area contributed by atoms with E-state index in [9.17, 15) is 9.90 Å². The molecule has 0 bridgehead atoms. The van der Waals surface area contributed by atoms with E-state index < -0.39 is 12.2 Å². The predicted octanol–water partition coefficient (Wildman–Crippen LogP) is 0.0109. The zero-order valence-electron chi connectivity index (χ0n) is 12.9. The van der Waals surface area contributed by atoms with E-state index in [1.54, 1.807) is 7.05 Å². The lowest BCUT2D eigenvalue weighted by molar-refractivity contribution is -0.145. The topological polar surface area (TPSA) is 71.0 Å². The molecule has 6 heteroatoms. The first-order valence-corrected chi connectivity index (χ1v) is 7.54. The van der Waals surface area contributed by atoms with E-state index in [-0.39, 0.29) is 19.1 Å². The molecule has 1 aliphatic heterocycles. The number of likely N-dealkylation sites (N-methyl/N-ethyl adjacent to an activating group) is 1. The van der Waals surface area contributed by atoms with Crippen LogP contribution in [0.15, 0.2) is 30.3 Å². The summed E-state index contributed by atoms with van der Waals surface area (Å²) >= 11 is 0. The van der Waals surface area contributed by atoms with Gasteiger partial charge in [-0.05, 0) is 5.56 Å². The summed E-state index contributed by atoms with van der Waals surface area (Å²) in [5.41, 5.74) is 1.06. The van der Waals surface area contributed by atoms with Crippen molar-refractivity contribution in [1.29, 1.82) is 0 Å². The van der Waals surface area contributed by atoms with Crippen molar-refractivity contribution in [2.45, 2.75) is 18.8 Å². The minimum Gasteiger partial charge on any atom is -0.389 e. The molecular weight excluding hydrogens is 284 g/mol. The Labute approximate surface area is 131 Å². The van der Waals surface area contributed by atoms with E-state index in [2.05, 4.69) is 5.32 Å². The molecule has 22 heavy (non-hydrogen) atoms. The summed E-state index contributed by atoms with van der Waals surface area (Å²) in [5.74, 6) is -0.116. The Bertz CT molecular complexity index is 449. The zero-order valence-corrected chi connectivity index (χ0v) is 12.9. The molecule has 2 rings (SSSR count). The Balaban J connectivity index is 1.67. The van der Waals surface area contributed by atoms with Gasteiger partial charge in [0.2, 0.25) is 0 Å². The highest BCUT2D eigenvalue weighted by Crippen LogP contribution is 2.04. The monoisotopic (exact) mass is 308 g/mol. The number of amides is 1. The fraction of sp³-hybridized carbons (Fsp3) is 0.562. The van der Waals surface area contributed by atoms with Crippen LogP contribution >= 0.6 is 0 Å². The van der Waals surface area contributed by atoms with Crippen LogP contribution in [0, 0.1) is 0 Å². The summed E-state index contributed by atoms with van der Waals surface area (Å²) in [5, 5.41) is 13.1. The average Bonchev–Trinajstić information content (AvgIpc) is 2.56. The number of rotatable bonds is 7. The van der Waals surface area contributed by atoms with Gasteiger partial charge in [-0.3, -0.25) is 4.79 Å². The highest BCUT2D eigenvalue weighted by Gasteiger charge is 2.25. The van der Waals surface area contributed by atoms with Crippen LogP contribution in [0.5, 0.6) is 0 Å². The summed E-state index contributed by atoms with van der Waals surface area (Å²) in [7, 11) is 1.67. The fourth-order valence-corrected chi connectivity index (χ4v) is 2.32. The van der Waals surface area contributed by atoms with Crippen LogP contribution in [-0.2, 0) is 20.9 Å². The van der Waals surface area contributed by atoms with Crippen molar-refractivity contribution >= 4 is 5.91 Å². The van der Waals surface area contributed by atoms with Crippen LogP contribution in [0.4, 0.5) is 0 Å². The Morgan fingerprint density at radius 2 is 2.27 bits per heavy atom. The van der Waals surface area contributed by atoms with Gasteiger partial charge in [0.25, 0.3) is 5.91 Å². The van der Waals surface area contributed by atoms with Gasteiger partial charge >= 0.3 is 0 Å². The number of carbonyl (C=O) groups excluding carboxylic acids is 1. The molecule has 0 aliphatic carbocycles. The maximum atomic E-state index is 12.1. The molecule has 1 amide bonds. The molecular formula is C16H24N2O4. The van der Waals surface area contributed by atoms with Crippen molar-refractivity contribution in [2.24, 2.45) is 0 Å². The lowest BCUT2D eigenvalue weighted by atomic mass is 10.2. The largest absolute Gasteiger partial charge is 0.389 e. The second kappa shape index (κ2) is 8.85. The second-order valence-electron chi connectivity index (χ2n) is 5.44. The third-order valence-corrected chi connectivity index (χ3v) is 3.49. The first kappa shape index (κ1) is 16.9. The number of morpholine rings is 1. The van der Waals surface area contributed by atoms with Crippen molar-refractivity contribution < 1.29 is 19.4 Å². The highest BCUT2D eigenvalue weighted by molar-refractivity contribution is 5.81. The van der Waals surface area contributed by atoms with E-state index in [1.807, 2.05) is 30.3 Å². The van der Waals surface area contributed by atoms with Crippen LogP contribution in [0.1, 0.15) is 5.56 Å². The van der Waals surface area contributed by atoms with Gasteiger partial charge in [0, 0.05) is 26.7 Å². The molecule has 1 aliphatic rings. The molecule has 2 unspecified atom stereocenters. The Kier molecular flexibility index (Phi) is 6.79. The minimum absolute atomic E-state index is 0.116. The van der Waals surface area contributed by atoms with Crippen LogP contribution in [0.25, 0.3) is 0 Å². The van der Waals surface area contributed by atoms with Crippen molar-refractivity contribution in [1.82, 2.24) is 10.2 Å². The number of ether oxygens (including phenoxy) is 2. The van der Waals surface area contributed by atoms with Crippen molar-refractivity contribution in [3.05, 3.63) is 35.9 Å². The number of aliphatic hydroxyl groups excluding tert-OH is 1. The molecule has 6 nitrogen and oxygen atoms in total. The Morgan fingerprint density at radius 3 is 2.95 bits per heavy atom. The highest BCUT2D eigenvalue weighted by atomic mass is 16.5. The summed E-state index contributed by atoms with van der Waals surface area (Å²) in [6.45, 7) is 2.69. The molecule has 0 spiro atoms. The lowest BCUT2D eigenvalue weighted by Crippen LogP contribution is -2.50. The van der Waals surface area contributed by atoms with Gasteiger partial charge in [0.1, 0.15) is 6.10 Å². The standard InChI is InChI=1S/C16H24N2O4/c1-18(16(20)15-9-17-7-8-22-15)10-14(19)12-21-11-13-5-3-2-4-6-13/h2-6,14-15,17,19H,7-12H2,1H3. The number of hydrogen-bond donors (Lipinski definition) is 2. The van der Waals surface area contributed by atoms with Gasteiger partial charge in [-0.2, -0.15) is 0 Å². The molecule has 0 aromatic heterocycles. The number of benzene rings is 1. The number of aliphatic hydroxyl groups is 1. The van der Waals surface area contributed by atoms with Gasteiger partial charge in [-0.25, -0.2) is 0 Å². The normalized spacial score (nSPS) is 19.6. The van der Waals surface area contributed by atoms with Gasteiger partial charge in [-0.1, -0.05) is 30.3 Å². The lowest BCUT2D eigenvalue weighted by Gasteiger charge is -2.28. The van der Waals surface area contributed by atoms with E-state index in [1.165, 1.54) is 4.90 Å². The smallest absolute Gasteiger partial charge is 0.252 e.